The standard InChI is InChI=1S/C22H23NO3/c24-16(14-23-11-4-1-5-12-23)13-15-7-6-10-19-20(15)22(26)18-9-3-2-8-17(18)21(19)25/h2-3,6-10,16,24H,1,4-5,11-14H2. The second kappa shape index (κ2) is 7.14. The number of piperidine rings is 1. The molecule has 1 N–H and O–H groups in total. The molecule has 4 rings (SSSR count). The van der Waals surface area contributed by atoms with Crippen molar-refractivity contribution >= 4 is 11.6 Å². The molecule has 0 bridgehead atoms. The topological polar surface area (TPSA) is 57.6 Å². The van der Waals surface area contributed by atoms with Gasteiger partial charge >= 0.3 is 0 Å². The number of carbonyl (C=O) groups is 2. The molecule has 1 saturated heterocycles. The molecule has 0 aromatic heterocycles. The normalized spacial score (nSPS) is 18.3. The van der Waals surface area contributed by atoms with E-state index in [4.69, 9.17) is 0 Å². The molecule has 1 heterocycles. The zero-order chi connectivity index (χ0) is 18.1. The van der Waals surface area contributed by atoms with Crippen LogP contribution in [-0.2, 0) is 6.42 Å². The molecule has 0 amide bonds. The number of carbonyl (C=O) groups excluding carboxylic acids is 2. The average Bonchev–Trinajstić information content (AvgIpc) is 2.67. The van der Waals surface area contributed by atoms with Crippen LogP contribution in [0.2, 0.25) is 0 Å². The van der Waals surface area contributed by atoms with Crippen LogP contribution in [0.15, 0.2) is 42.5 Å². The summed E-state index contributed by atoms with van der Waals surface area (Å²) in [6.45, 7) is 2.66. The summed E-state index contributed by atoms with van der Waals surface area (Å²) in [5, 5.41) is 10.6. The Labute approximate surface area is 153 Å². The first-order valence-electron chi connectivity index (χ1n) is 9.36. The molecule has 0 radical (unpaired) electrons. The first kappa shape index (κ1) is 17.1. The van der Waals surface area contributed by atoms with Gasteiger partial charge in [-0.3, -0.25) is 9.59 Å². The molecule has 2 aliphatic rings. The van der Waals surface area contributed by atoms with Crippen LogP contribution in [-0.4, -0.2) is 47.3 Å². The van der Waals surface area contributed by atoms with E-state index in [2.05, 4.69) is 4.90 Å². The fraction of sp³-hybridized carbons (Fsp3) is 0.364. The second-order valence-corrected chi connectivity index (χ2v) is 7.26. The molecular formula is C22H23NO3. The summed E-state index contributed by atoms with van der Waals surface area (Å²) >= 11 is 0. The first-order chi connectivity index (χ1) is 12.6. The van der Waals surface area contributed by atoms with Crippen LogP contribution in [0.3, 0.4) is 0 Å². The van der Waals surface area contributed by atoms with Crippen molar-refractivity contribution in [3.05, 3.63) is 70.3 Å². The van der Waals surface area contributed by atoms with Gasteiger partial charge in [-0.25, -0.2) is 0 Å². The van der Waals surface area contributed by atoms with Crippen molar-refractivity contribution in [2.45, 2.75) is 31.8 Å². The maximum Gasteiger partial charge on any atom is 0.194 e. The summed E-state index contributed by atoms with van der Waals surface area (Å²) in [7, 11) is 0. The number of β-amino-alcohol motifs (C(OH)–C–C–N with tert-alkyl or cyclic N) is 1. The smallest absolute Gasteiger partial charge is 0.194 e. The lowest BCUT2D eigenvalue weighted by molar-refractivity contribution is 0.0963. The van der Waals surface area contributed by atoms with Gasteiger partial charge in [0.05, 0.1) is 6.10 Å². The second-order valence-electron chi connectivity index (χ2n) is 7.26. The average molecular weight is 349 g/mol. The summed E-state index contributed by atoms with van der Waals surface area (Å²) in [6.07, 6.45) is 3.46. The Hall–Kier alpha value is -2.30. The highest BCUT2D eigenvalue weighted by molar-refractivity contribution is 6.28. The first-order valence-corrected chi connectivity index (χ1v) is 9.36. The predicted molar refractivity (Wildman–Crippen MR) is 99.8 cm³/mol. The Morgan fingerprint density at radius 1 is 0.846 bits per heavy atom. The van der Waals surface area contributed by atoms with Crippen LogP contribution >= 0.6 is 0 Å². The largest absolute Gasteiger partial charge is 0.391 e. The summed E-state index contributed by atoms with van der Waals surface area (Å²) in [6, 6.07) is 12.4. The van der Waals surface area contributed by atoms with E-state index in [1.165, 1.54) is 19.3 Å². The molecule has 134 valence electrons. The minimum Gasteiger partial charge on any atom is -0.391 e. The number of hydrogen-bond donors (Lipinski definition) is 1. The van der Waals surface area contributed by atoms with E-state index in [-0.39, 0.29) is 11.6 Å². The van der Waals surface area contributed by atoms with E-state index in [1.54, 1.807) is 36.4 Å². The number of likely N-dealkylation sites (tertiary alicyclic amines) is 1. The van der Waals surface area contributed by atoms with Gasteiger partial charge < -0.3 is 10.0 Å². The van der Waals surface area contributed by atoms with Crippen LogP contribution < -0.4 is 0 Å². The van der Waals surface area contributed by atoms with Crippen molar-refractivity contribution < 1.29 is 14.7 Å². The highest BCUT2D eigenvalue weighted by Crippen LogP contribution is 2.30. The predicted octanol–water partition coefficient (Wildman–Crippen LogP) is 2.85. The maximum atomic E-state index is 13.0. The van der Waals surface area contributed by atoms with Crippen LogP contribution in [0.1, 0.15) is 56.7 Å². The van der Waals surface area contributed by atoms with E-state index in [1.807, 2.05) is 6.07 Å². The van der Waals surface area contributed by atoms with E-state index in [0.717, 1.165) is 18.7 Å². The molecule has 0 spiro atoms. The molecule has 1 aliphatic carbocycles. The number of aliphatic hydroxyl groups is 1. The molecule has 1 atom stereocenters. The van der Waals surface area contributed by atoms with Crippen molar-refractivity contribution in [3.63, 3.8) is 0 Å². The van der Waals surface area contributed by atoms with Crippen molar-refractivity contribution in [3.8, 4) is 0 Å². The van der Waals surface area contributed by atoms with Gasteiger partial charge in [0, 0.05) is 35.2 Å². The summed E-state index contributed by atoms with van der Waals surface area (Å²) < 4.78 is 0. The number of hydrogen-bond acceptors (Lipinski definition) is 4. The molecule has 0 saturated carbocycles. The molecule has 4 nitrogen and oxygen atoms in total. The third-order valence-electron chi connectivity index (χ3n) is 5.41. The summed E-state index contributed by atoms with van der Waals surface area (Å²) in [5.41, 5.74) is 2.61. The van der Waals surface area contributed by atoms with Crippen LogP contribution in [0, 0.1) is 0 Å². The Morgan fingerprint density at radius 2 is 1.50 bits per heavy atom. The lowest BCUT2D eigenvalue weighted by atomic mass is 9.81. The Kier molecular flexibility index (Phi) is 4.70. The minimum absolute atomic E-state index is 0.109. The third-order valence-corrected chi connectivity index (χ3v) is 5.41. The highest BCUT2D eigenvalue weighted by atomic mass is 16.3. The monoisotopic (exact) mass is 349 g/mol. The van der Waals surface area contributed by atoms with Gasteiger partial charge in [-0.2, -0.15) is 0 Å². The lowest BCUT2D eigenvalue weighted by Crippen LogP contribution is -2.37. The van der Waals surface area contributed by atoms with Gasteiger partial charge in [0.15, 0.2) is 11.6 Å². The van der Waals surface area contributed by atoms with Crippen molar-refractivity contribution in [1.29, 1.82) is 0 Å². The van der Waals surface area contributed by atoms with E-state index in [9.17, 15) is 14.7 Å². The number of benzene rings is 2. The Balaban J connectivity index is 1.61. The summed E-state index contributed by atoms with van der Waals surface area (Å²) in [5.74, 6) is -0.224. The molecule has 2 aromatic carbocycles. The third kappa shape index (κ3) is 3.11. The number of nitrogens with zero attached hydrogens (tertiary/aromatic N) is 1. The number of aliphatic hydroxyl groups excluding tert-OH is 1. The number of rotatable bonds is 4. The van der Waals surface area contributed by atoms with Crippen molar-refractivity contribution in [2.24, 2.45) is 0 Å². The van der Waals surface area contributed by atoms with Crippen molar-refractivity contribution in [2.75, 3.05) is 19.6 Å². The molecule has 2 aromatic rings. The van der Waals surface area contributed by atoms with Gasteiger partial charge in [-0.05, 0) is 31.5 Å². The van der Waals surface area contributed by atoms with E-state index >= 15 is 0 Å². The molecule has 4 heteroatoms. The quantitative estimate of drug-likeness (QED) is 0.787. The van der Waals surface area contributed by atoms with E-state index in [0.29, 0.717) is 35.2 Å². The lowest BCUT2D eigenvalue weighted by Gasteiger charge is -2.29. The maximum absolute atomic E-state index is 13.0. The number of fused-ring (bicyclic) bond motifs is 2. The van der Waals surface area contributed by atoms with Gasteiger partial charge in [-0.15, -0.1) is 0 Å². The zero-order valence-corrected chi connectivity index (χ0v) is 14.8. The SMILES string of the molecule is O=C1c2ccccc2C(=O)c2c(CC(O)CN3CCCCC3)cccc21. The van der Waals surface area contributed by atoms with Crippen LogP contribution in [0.5, 0.6) is 0 Å². The minimum atomic E-state index is -0.542. The van der Waals surface area contributed by atoms with Gasteiger partial charge in [0.2, 0.25) is 0 Å². The van der Waals surface area contributed by atoms with Gasteiger partial charge in [0.25, 0.3) is 0 Å². The fourth-order valence-electron chi connectivity index (χ4n) is 4.14. The van der Waals surface area contributed by atoms with Crippen molar-refractivity contribution in [1.82, 2.24) is 4.90 Å². The summed E-state index contributed by atoms with van der Waals surface area (Å²) in [4.78, 5) is 28.1. The fourth-order valence-corrected chi connectivity index (χ4v) is 4.14. The van der Waals surface area contributed by atoms with Crippen LogP contribution in [0.25, 0.3) is 0 Å². The molecule has 1 aliphatic heterocycles. The highest BCUT2D eigenvalue weighted by Gasteiger charge is 2.31. The Bertz CT molecular complexity index is 852. The molecule has 1 fully saturated rings. The Morgan fingerprint density at radius 3 is 2.23 bits per heavy atom. The van der Waals surface area contributed by atoms with Gasteiger partial charge in [-0.1, -0.05) is 48.9 Å². The van der Waals surface area contributed by atoms with Crippen LogP contribution in [0.4, 0.5) is 0 Å². The van der Waals surface area contributed by atoms with Gasteiger partial charge in [0.1, 0.15) is 0 Å². The zero-order valence-electron chi connectivity index (χ0n) is 14.8. The number of ketones is 2. The van der Waals surface area contributed by atoms with E-state index < -0.39 is 6.10 Å². The molecule has 26 heavy (non-hydrogen) atoms. The molecule has 1 unspecified atom stereocenters. The molecular weight excluding hydrogens is 326 g/mol.